The Balaban J connectivity index is 2.03. The van der Waals surface area contributed by atoms with Crippen LogP contribution in [0, 0.1) is 5.92 Å². The molecule has 0 spiro atoms. The Kier molecular flexibility index (Phi) is 2.39. The van der Waals surface area contributed by atoms with Crippen molar-refractivity contribution in [3.8, 4) is 0 Å². The maximum atomic E-state index is 9.25. The van der Waals surface area contributed by atoms with Gasteiger partial charge in [-0.3, -0.25) is 0 Å². The second kappa shape index (κ2) is 3.18. The molecule has 0 aromatic carbocycles. The van der Waals surface area contributed by atoms with E-state index in [2.05, 4.69) is 22.6 Å². The summed E-state index contributed by atoms with van der Waals surface area (Å²) < 4.78 is 6.05. The minimum absolute atomic E-state index is 0.347. The zero-order valence-electron chi connectivity index (χ0n) is 6.37. The summed E-state index contributed by atoms with van der Waals surface area (Å²) in [6.45, 7) is 0. The standard InChI is InChI=1S/C8H13IO2/c9-6-3-1-2-5-4-7(10)11-8(5)6/h5-8,10H,1-4H2/t5-,6+,7-,8+/m0/s1. The van der Waals surface area contributed by atoms with Crippen LogP contribution in [0.3, 0.4) is 0 Å². The van der Waals surface area contributed by atoms with Gasteiger partial charge in [0, 0.05) is 10.3 Å². The fraction of sp³-hybridized carbons (Fsp3) is 1.00. The van der Waals surface area contributed by atoms with E-state index in [0.717, 1.165) is 6.42 Å². The first kappa shape index (κ1) is 8.26. The number of aliphatic hydroxyl groups is 1. The fourth-order valence-electron chi connectivity index (χ4n) is 2.14. The molecule has 11 heavy (non-hydrogen) atoms. The van der Waals surface area contributed by atoms with E-state index in [-0.39, 0.29) is 0 Å². The van der Waals surface area contributed by atoms with Gasteiger partial charge in [-0.25, -0.2) is 0 Å². The summed E-state index contributed by atoms with van der Waals surface area (Å²) in [4.78, 5) is 0. The number of ether oxygens (including phenoxy) is 1. The van der Waals surface area contributed by atoms with Crippen LogP contribution in [0.1, 0.15) is 25.7 Å². The summed E-state index contributed by atoms with van der Waals surface area (Å²) in [7, 11) is 0. The number of aliphatic hydroxyl groups excluding tert-OH is 1. The highest BCUT2D eigenvalue weighted by atomic mass is 127. The lowest BCUT2D eigenvalue weighted by molar-refractivity contribution is -0.0929. The van der Waals surface area contributed by atoms with E-state index in [9.17, 15) is 5.11 Å². The summed E-state index contributed by atoms with van der Waals surface area (Å²) in [6, 6.07) is 0. The van der Waals surface area contributed by atoms with E-state index in [4.69, 9.17) is 4.74 Å². The van der Waals surface area contributed by atoms with E-state index in [1.54, 1.807) is 0 Å². The topological polar surface area (TPSA) is 29.5 Å². The molecule has 1 aliphatic carbocycles. The monoisotopic (exact) mass is 268 g/mol. The minimum Gasteiger partial charge on any atom is -0.368 e. The van der Waals surface area contributed by atoms with Crippen molar-refractivity contribution < 1.29 is 9.84 Å². The van der Waals surface area contributed by atoms with E-state index in [1.807, 2.05) is 0 Å². The summed E-state index contributed by atoms with van der Waals surface area (Å²) >= 11 is 2.45. The SMILES string of the molecule is O[C@@H]1C[C@@H]2CCC[C@@H](I)[C@@H]2O1. The van der Waals surface area contributed by atoms with Gasteiger partial charge in [0.1, 0.15) is 0 Å². The van der Waals surface area contributed by atoms with Crippen LogP contribution in [0.5, 0.6) is 0 Å². The first-order chi connectivity index (χ1) is 5.27. The van der Waals surface area contributed by atoms with Crippen molar-refractivity contribution in [2.45, 2.75) is 42.0 Å². The molecule has 4 atom stereocenters. The Morgan fingerprint density at radius 3 is 2.91 bits per heavy atom. The van der Waals surface area contributed by atoms with Crippen LogP contribution in [0.25, 0.3) is 0 Å². The number of rotatable bonds is 0. The van der Waals surface area contributed by atoms with E-state index in [1.165, 1.54) is 19.3 Å². The van der Waals surface area contributed by atoms with E-state index in [0.29, 0.717) is 15.9 Å². The minimum atomic E-state index is -0.472. The van der Waals surface area contributed by atoms with Gasteiger partial charge in [-0.15, -0.1) is 0 Å². The highest BCUT2D eigenvalue weighted by molar-refractivity contribution is 14.1. The molecule has 1 heterocycles. The molecule has 1 saturated heterocycles. The van der Waals surface area contributed by atoms with Crippen LogP contribution >= 0.6 is 22.6 Å². The third-order valence-corrected chi connectivity index (χ3v) is 4.03. The molecule has 3 heteroatoms. The maximum Gasteiger partial charge on any atom is 0.155 e. The molecule has 0 amide bonds. The van der Waals surface area contributed by atoms with Crippen molar-refractivity contribution in [1.82, 2.24) is 0 Å². The van der Waals surface area contributed by atoms with Gasteiger partial charge in [0.05, 0.1) is 6.10 Å². The van der Waals surface area contributed by atoms with Crippen molar-refractivity contribution in [1.29, 1.82) is 0 Å². The summed E-state index contributed by atoms with van der Waals surface area (Å²) in [5.74, 6) is 0.639. The van der Waals surface area contributed by atoms with Crippen molar-refractivity contribution in [3.05, 3.63) is 0 Å². The van der Waals surface area contributed by atoms with Gasteiger partial charge in [0.15, 0.2) is 6.29 Å². The number of hydrogen-bond donors (Lipinski definition) is 1. The molecule has 1 saturated carbocycles. The second-order valence-corrected chi connectivity index (χ2v) is 5.10. The molecular weight excluding hydrogens is 255 g/mol. The lowest BCUT2D eigenvalue weighted by atomic mass is 9.86. The summed E-state index contributed by atoms with van der Waals surface area (Å²) in [5.41, 5.74) is 0. The average Bonchev–Trinajstić information content (AvgIpc) is 2.31. The lowest BCUT2D eigenvalue weighted by Gasteiger charge is -2.28. The smallest absolute Gasteiger partial charge is 0.155 e. The van der Waals surface area contributed by atoms with Crippen molar-refractivity contribution >= 4 is 22.6 Å². The highest BCUT2D eigenvalue weighted by Gasteiger charge is 2.40. The molecule has 0 aromatic rings. The summed E-state index contributed by atoms with van der Waals surface area (Å²) in [5, 5.41) is 9.25. The van der Waals surface area contributed by atoms with Gasteiger partial charge >= 0.3 is 0 Å². The van der Waals surface area contributed by atoms with Gasteiger partial charge in [-0.05, 0) is 18.8 Å². The Bertz CT molecular complexity index is 151. The van der Waals surface area contributed by atoms with Crippen molar-refractivity contribution in [3.63, 3.8) is 0 Å². The number of halogens is 1. The third kappa shape index (κ3) is 1.55. The first-order valence-electron chi connectivity index (χ1n) is 4.25. The molecule has 1 aliphatic heterocycles. The molecule has 2 rings (SSSR count). The Morgan fingerprint density at radius 2 is 2.18 bits per heavy atom. The maximum absolute atomic E-state index is 9.25. The molecule has 0 radical (unpaired) electrons. The van der Waals surface area contributed by atoms with E-state index < -0.39 is 6.29 Å². The molecule has 2 fully saturated rings. The predicted octanol–water partition coefficient (Wildman–Crippen LogP) is 1.70. The molecule has 0 unspecified atom stereocenters. The zero-order valence-corrected chi connectivity index (χ0v) is 8.53. The highest BCUT2D eigenvalue weighted by Crippen LogP contribution is 2.39. The fourth-order valence-corrected chi connectivity index (χ4v) is 3.34. The van der Waals surface area contributed by atoms with Crippen LogP contribution < -0.4 is 0 Å². The van der Waals surface area contributed by atoms with Gasteiger partial charge in [0.25, 0.3) is 0 Å². The van der Waals surface area contributed by atoms with Gasteiger partial charge < -0.3 is 9.84 Å². The molecule has 2 aliphatic rings. The van der Waals surface area contributed by atoms with Crippen molar-refractivity contribution in [2.24, 2.45) is 5.92 Å². The van der Waals surface area contributed by atoms with Gasteiger partial charge in [-0.1, -0.05) is 29.0 Å². The molecule has 64 valence electrons. The van der Waals surface area contributed by atoms with Crippen molar-refractivity contribution in [2.75, 3.05) is 0 Å². The predicted molar refractivity (Wildman–Crippen MR) is 50.6 cm³/mol. The summed E-state index contributed by atoms with van der Waals surface area (Å²) in [6.07, 6.45) is 4.56. The Hall–Kier alpha value is 0.650. The second-order valence-electron chi connectivity index (χ2n) is 3.50. The van der Waals surface area contributed by atoms with E-state index >= 15 is 0 Å². The van der Waals surface area contributed by atoms with Crippen LogP contribution in [-0.2, 0) is 4.74 Å². The zero-order chi connectivity index (χ0) is 7.84. The Morgan fingerprint density at radius 1 is 1.36 bits per heavy atom. The number of alkyl halides is 1. The lowest BCUT2D eigenvalue weighted by Crippen LogP contribution is -2.30. The van der Waals surface area contributed by atoms with Crippen LogP contribution in [0.15, 0.2) is 0 Å². The largest absolute Gasteiger partial charge is 0.368 e. The normalized spacial score (nSPS) is 50.7. The quantitative estimate of drug-likeness (QED) is 0.535. The Labute approximate surface area is 80.5 Å². The third-order valence-electron chi connectivity index (χ3n) is 2.69. The molecular formula is C8H13IO2. The molecule has 0 aromatic heterocycles. The van der Waals surface area contributed by atoms with Crippen LogP contribution in [0.2, 0.25) is 0 Å². The molecule has 1 N–H and O–H groups in total. The first-order valence-corrected chi connectivity index (χ1v) is 5.49. The molecule has 0 bridgehead atoms. The van der Waals surface area contributed by atoms with Crippen LogP contribution in [-0.4, -0.2) is 21.4 Å². The average molecular weight is 268 g/mol. The van der Waals surface area contributed by atoms with Crippen LogP contribution in [0.4, 0.5) is 0 Å². The number of fused-ring (bicyclic) bond motifs is 1. The van der Waals surface area contributed by atoms with Gasteiger partial charge in [0.2, 0.25) is 0 Å². The number of hydrogen-bond acceptors (Lipinski definition) is 2. The van der Waals surface area contributed by atoms with Gasteiger partial charge in [-0.2, -0.15) is 0 Å². The molecule has 2 nitrogen and oxygen atoms in total.